The van der Waals surface area contributed by atoms with E-state index in [1.165, 1.54) is 38.8 Å². The van der Waals surface area contributed by atoms with Crippen LogP contribution in [0.25, 0.3) is 0 Å². The van der Waals surface area contributed by atoms with Gasteiger partial charge in [0.25, 0.3) is 0 Å². The molecule has 0 saturated carbocycles. The summed E-state index contributed by atoms with van der Waals surface area (Å²) in [6, 6.07) is 0.797. The van der Waals surface area contributed by atoms with Crippen molar-refractivity contribution in [3.05, 3.63) is 0 Å². The molecular weight excluding hydrogens is 172 g/mol. The molecule has 1 atom stereocenters. The van der Waals surface area contributed by atoms with Gasteiger partial charge in [-0.1, -0.05) is 6.42 Å². The van der Waals surface area contributed by atoms with E-state index in [2.05, 4.69) is 24.3 Å². The molecule has 0 radical (unpaired) electrons. The largest absolute Gasteiger partial charge is 0.314 e. The molecule has 1 aliphatic rings. The fourth-order valence-electron chi connectivity index (χ4n) is 1.58. The quantitative estimate of drug-likeness (QED) is 0.730. The van der Waals surface area contributed by atoms with E-state index in [4.69, 9.17) is 0 Å². The second-order valence-corrected chi connectivity index (χ2v) is 3.74. The summed E-state index contributed by atoms with van der Waals surface area (Å²) >= 11 is 0. The SMILES string of the molecule is CN(C)CCC1CCCCN1.Cl. The second-order valence-electron chi connectivity index (χ2n) is 3.74. The van der Waals surface area contributed by atoms with Crippen LogP contribution in [-0.4, -0.2) is 38.1 Å². The van der Waals surface area contributed by atoms with Gasteiger partial charge in [0.15, 0.2) is 0 Å². The van der Waals surface area contributed by atoms with E-state index in [9.17, 15) is 0 Å². The van der Waals surface area contributed by atoms with Crippen LogP contribution in [0.15, 0.2) is 0 Å². The summed E-state index contributed by atoms with van der Waals surface area (Å²) in [5.41, 5.74) is 0. The topological polar surface area (TPSA) is 15.3 Å². The molecule has 0 bridgehead atoms. The number of nitrogens with zero attached hydrogens (tertiary/aromatic N) is 1. The van der Waals surface area contributed by atoms with Gasteiger partial charge in [-0.3, -0.25) is 0 Å². The van der Waals surface area contributed by atoms with Crippen LogP contribution in [0.5, 0.6) is 0 Å². The number of hydrogen-bond acceptors (Lipinski definition) is 2. The molecule has 1 saturated heterocycles. The molecule has 1 aliphatic heterocycles. The third kappa shape index (κ3) is 4.96. The van der Waals surface area contributed by atoms with Gasteiger partial charge in [0, 0.05) is 6.04 Å². The van der Waals surface area contributed by atoms with Crippen LogP contribution in [0.3, 0.4) is 0 Å². The van der Waals surface area contributed by atoms with Crippen molar-refractivity contribution in [3.8, 4) is 0 Å². The standard InChI is InChI=1S/C9H20N2.ClH/c1-11(2)8-6-9-5-3-4-7-10-9;/h9-10H,3-8H2,1-2H3;1H. The number of halogens is 1. The van der Waals surface area contributed by atoms with E-state index < -0.39 is 0 Å². The summed E-state index contributed by atoms with van der Waals surface area (Å²) in [7, 11) is 4.28. The zero-order valence-electron chi connectivity index (χ0n) is 8.18. The minimum atomic E-state index is 0. The van der Waals surface area contributed by atoms with Gasteiger partial charge in [0.2, 0.25) is 0 Å². The Morgan fingerprint density at radius 1 is 1.33 bits per heavy atom. The Bertz CT molecular complexity index is 101. The minimum absolute atomic E-state index is 0. The maximum Gasteiger partial charge on any atom is 0.00792 e. The van der Waals surface area contributed by atoms with Crippen molar-refractivity contribution in [1.29, 1.82) is 0 Å². The predicted octanol–water partition coefficient (Wildman–Crippen LogP) is 1.50. The van der Waals surface area contributed by atoms with Gasteiger partial charge in [-0.25, -0.2) is 0 Å². The Morgan fingerprint density at radius 2 is 2.08 bits per heavy atom. The highest BCUT2D eigenvalue weighted by molar-refractivity contribution is 5.85. The summed E-state index contributed by atoms with van der Waals surface area (Å²) in [6.45, 7) is 2.45. The summed E-state index contributed by atoms with van der Waals surface area (Å²) in [5.74, 6) is 0. The predicted molar refractivity (Wildman–Crippen MR) is 56.1 cm³/mol. The molecule has 0 aromatic carbocycles. The van der Waals surface area contributed by atoms with Crippen LogP contribution in [0.1, 0.15) is 25.7 Å². The van der Waals surface area contributed by atoms with E-state index in [1.54, 1.807) is 0 Å². The first-order valence-electron chi connectivity index (χ1n) is 4.67. The van der Waals surface area contributed by atoms with Crippen LogP contribution in [0.2, 0.25) is 0 Å². The molecule has 0 aliphatic carbocycles. The fraction of sp³-hybridized carbons (Fsp3) is 1.00. The molecular formula is C9H21ClN2. The lowest BCUT2D eigenvalue weighted by atomic mass is 10.0. The lowest BCUT2D eigenvalue weighted by Crippen LogP contribution is -2.36. The third-order valence-electron chi connectivity index (χ3n) is 2.34. The van der Waals surface area contributed by atoms with Crippen LogP contribution < -0.4 is 5.32 Å². The average molecular weight is 193 g/mol. The summed E-state index contributed by atoms with van der Waals surface area (Å²) in [6.07, 6.45) is 5.49. The molecule has 12 heavy (non-hydrogen) atoms. The molecule has 2 nitrogen and oxygen atoms in total. The smallest absolute Gasteiger partial charge is 0.00792 e. The monoisotopic (exact) mass is 192 g/mol. The Labute approximate surface area is 82.1 Å². The summed E-state index contributed by atoms with van der Waals surface area (Å²) in [4.78, 5) is 2.26. The third-order valence-corrected chi connectivity index (χ3v) is 2.34. The molecule has 1 N–H and O–H groups in total. The number of hydrogen-bond donors (Lipinski definition) is 1. The van der Waals surface area contributed by atoms with Crippen LogP contribution in [0.4, 0.5) is 0 Å². The molecule has 0 spiro atoms. The molecule has 1 heterocycles. The molecule has 1 rings (SSSR count). The Morgan fingerprint density at radius 3 is 2.58 bits per heavy atom. The van der Waals surface area contributed by atoms with Crippen LogP contribution >= 0.6 is 12.4 Å². The first kappa shape index (κ1) is 12.2. The zero-order chi connectivity index (χ0) is 8.10. The van der Waals surface area contributed by atoms with Crippen LogP contribution in [0, 0.1) is 0 Å². The zero-order valence-corrected chi connectivity index (χ0v) is 8.99. The van der Waals surface area contributed by atoms with E-state index in [0.717, 1.165) is 6.04 Å². The fourth-order valence-corrected chi connectivity index (χ4v) is 1.58. The molecule has 3 heteroatoms. The minimum Gasteiger partial charge on any atom is -0.314 e. The summed E-state index contributed by atoms with van der Waals surface area (Å²) < 4.78 is 0. The molecule has 0 aromatic heterocycles. The van der Waals surface area contributed by atoms with Gasteiger partial charge in [0.1, 0.15) is 0 Å². The van der Waals surface area contributed by atoms with Gasteiger partial charge >= 0.3 is 0 Å². The van der Waals surface area contributed by atoms with Crippen molar-refractivity contribution in [3.63, 3.8) is 0 Å². The maximum atomic E-state index is 3.55. The normalized spacial score (nSPS) is 23.8. The van der Waals surface area contributed by atoms with E-state index >= 15 is 0 Å². The lowest BCUT2D eigenvalue weighted by Gasteiger charge is -2.24. The van der Waals surface area contributed by atoms with Gasteiger partial charge in [-0.2, -0.15) is 0 Å². The number of nitrogens with one attached hydrogen (secondary N) is 1. The second kappa shape index (κ2) is 6.70. The highest BCUT2D eigenvalue weighted by atomic mass is 35.5. The highest BCUT2D eigenvalue weighted by Crippen LogP contribution is 2.09. The maximum absolute atomic E-state index is 3.55. The Kier molecular flexibility index (Phi) is 6.81. The van der Waals surface area contributed by atoms with Crippen molar-refractivity contribution in [1.82, 2.24) is 10.2 Å². The molecule has 74 valence electrons. The van der Waals surface area contributed by atoms with Gasteiger partial charge in [0.05, 0.1) is 0 Å². The molecule has 1 fully saturated rings. The highest BCUT2D eigenvalue weighted by Gasteiger charge is 2.11. The van der Waals surface area contributed by atoms with E-state index in [-0.39, 0.29) is 12.4 Å². The van der Waals surface area contributed by atoms with Crippen molar-refractivity contribution in [2.75, 3.05) is 27.2 Å². The van der Waals surface area contributed by atoms with E-state index in [1.807, 2.05) is 0 Å². The van der Waals surface area contributed by atoms with Gasteiger partial charge < -0.3 is 10.2 Å². The number of piperidine rings is 1. The van der Waals surface area contributed by atoms with Gasteiger partial charge in [-0.15, -0.1) is 12.4 Å². The van der Waals surface area contributed by atoms with E-state index in [0.29, 0.717) is 0 Å². The lowest BCUT2D eigenvalue weighted by molar-refractivity contribution is 0.322. The van der Waals surface area contributed by atoms with Gasteiger partial charge in [-0.05, 0) is 46.4 Å². The van der Waals surface area contributed by atoms with Crippen molar-refractivity contribution in [2.24, 2.45) is 0 Å². The summed E-state index contributed by atoms with van der Waals surface area (Å²) in [5, 5.41) is 3.55. The Balaban J connectivity index is 0.00000121. The van der Waals surface area contributed by atoms with Crippen molar-refractivity contribution < 1.29 is 0 Å². The first-order valence-corrected chi connectivity index (χ1v) is 4.67. The Hall–Kier alpha value is 0.210. The van der Waals surface area contributed by atoms with Crippen molar-refractivity contribution >= 4 is 12.4 Å². The average Bonchev–Trinajstić information content (AvgIpc) is 2.03. The number of rotatable bonds is 3. The van der Waals surface area contributed by atoms with Crippen molar-refractivity contribution in [2.45, 2.75) is 31.7 Å². The van der Waals surface area contributed by atoms with Crippen LogP contribution in [-0.2, 0) is 0 Å². The first-order chi connectivity index (χ1) is 5.29. The molecule has 1 unspecified atom stereocenters. The molecule has 0 amide bonds. The molecule has 0 aromatic rings.